The fourth-order valence-corrected chi connectivity index (χ4v) is 3.82. The molecule has 2 aromatic carbocycles. The van der Waals surface area contributed by atoms with Gasteiger partial charge in [0.15, 0.2) is 11.5 Å². The van der Waals surface area contributed by atoms with Gasteiger partial charge >= 0.3 is 0 Å². The van der Waals surface area contributed by atoms with Crippen LogP contribution in [-0.2, 0) is 13.1 Å². The first-order valence-corrected chi connectivity index (χ1v) is 9.40. The monoisotopic (exact) mass is 354 g/mol. The van der Waals surface area contributed by atoms with Gasteiger partial charge < -0.3 is 14.7 Å². The molecule has 0 spiro atoms. The average Bonchev–Trinajstić information content (AvgIpc) is 2.64. The molecule has 1 aliphatic rings. The summed E-state index contributed by atoms with van der Waals surface area (Å²) in [6.45, 7) is 2.95. The molecule has 4 nitrogen and oxygen atoms in total. The largest absolute Gasteiger partial charge is 0.504 e. The molecule has 3 rings (SSSR count). The molecule has 1 aliphatic heterocycles. The van der Waals surface area contributed by atoms with E-state index in [1.54, 1.807) is 13.2 Å². The van der Waals surface area contributed by atoms with Crippen molar-refractivity contribution in [1.82, 2.24) is 9.80 Å². The lowest BCUT2D eigenvalue weighted by molar-refractivity contribution is 0.140. The van der Waals surface area contributed by atoms with Gasteiger partial charge in [0.25, 0.3) is 0 Å². The number of methoxy groups -OCH3 is 1. The van der Waals surface area contributed by atoms with Crippen molar-refractivity contribution in [3.63, 3.8) is 0 Å². The minimum Gasteiger partial charge on any atom is -0.504 e. The van der Waals surface area contributed by atoms with Gasteiger partial charge in [-0.15, -0.1) is 0 Å². The molecule has 4 heteroatoms. The molecule has 1 N–H and O–H groups in total. The summed E-state index contributed by atoms with van der Waals surface area (Å²) >= 11 is 0. The second-order valence-corrected chi connectivity index (χ2v) is 7.47. The van der Waals surface area contributed by atoms with E-state index < -0.39 is 0 Å². The maximum Gasteiger partial charge on any atom is 0.160 e. The fourth-order valence-electron chi connectivity index (χ4n) is 3.82. The van der Waals surface area contributed by atoms with E-state index in [1.165, 1.54) is 36.0 Å². The van der Waals surface area contributed by atoms with Gasteiger partial charge in [-0.25, -0.2) is 0 Å². The van der Waals surface area contributed by atoms with Crippen molar-refractivity contribution in [3.05, 3.63) is 59.2 Å². The van der Waals surface area contributed by atoms with Crippen LogP contribution in [0.15, 0.2) is 42.5 Å². The van der Waals surface area contributed by atoms with E-state index in [1.807, 2.05) is 12.1 Å². The first-order chi connectivity index (χ1) is 12.6. The molecule has 0 aromatic heterocycles. The highest BCUT2D eigenvalue weighted by atomic mass is 16.5. The zero-order chi connectivity index (χ0) is 18.5. The molecule has 1 fully saturated rings. The SMILES string of the molecule is COc1cc(CN2CCCCC2c2ccc(CN(C)C)cc2)ccc1O. The number of aromatic hydroxyl groups is 1. The number of phenolic OH excluding ortho intramolecular Hbond substituents is 1. The van der Waals surface area contributed by atoms with Crippen LogP contribution in [0.25, 0.3) is 0 Å². The zero-order valence-electron chi connectivity index (χ0n) is 16.1. The Morgan fingerprint density at radius 2 is 1.81 bits per heavy atom. The Morgan fingerprint density at radius 1 is 1.08 bits per heavy atom. The summed E-state index contributed by atoms with van der Waals surface area (Å²) in [6.07, 6.45) is 3.71. The van der Waals surface area contributed by atoms with Crippen LogP contribution in [0.4, 0.5) is 0 Å². The molecule has 1 saturated heterocycles. The van der Waals surface area contributed by atoms with E-state index in [4.69, 9.17) is 4.74 Å². The van der Waals surface area contributed by atoms with Crippen molar-refractivity contribution in [2.75, 3.05) is 27.7 Å². The third-order valence-electron chi connectivity index (χ3n) is 5.11. The quantitative estimate of drug-likeness (QED) is 0.844. The van der Waals surface area contributed by atoms with Gasteiger partial charge in [0.2, 0.25) is 0 Å². The lowest BCUT2D eigenvalue weighted by Gasteiger charge is -2.36. The smallest absolute Gasteiger partial charge is 0.160 e. The highest BCUT2D eigenvalue weighted by Crippen LogP contribution is 2.34. The van der Waals surface area contributed by atoms with Gasteiger partial charge in [-0.1, -0.05) is 36.8 Å². The van der Waals surface area contributed by atoms with Crippen LogP contribution in [0.2, 0.25) is 0 Å². The number of hydrogen-bond donors (Lipinski definition) is 1. The Bertz CT molecular complexity index is 713. The van der Waals surface area contributed by atoms with E-state index in [0.717, 1.165) is 19.6 Å². The minimum absolute atomic E-state index is 0.197. The average molecular weight is 354 g/mol. The van der Waals surface area contributed by atoms with Crippen LogP contribution < -0.4 is 4.74 Å². The molecule has 1 atom stereocenters. The van der Waals surface area contributed by atoms with Gasteiger partial charge in [0, 0.05) is 19.1 Å². The standard InChI is InChI=1S/C22H30N2O2/c1-23(2)15-17-7-10-19(11-8-17)20-6-4-5-13-24(20)16-18-9-12-21(25)22(14-18)26-3/h7-12,14,20,25H,4-6,13,15-16H2,1-3H3. The Labute approximate surface area is 157 Å². The van der Waals surface area contributed by atoms with Crippen molar-refractivity contribution in [3.8, 4) is 11.5 Å². The summed E-state index contributed by atoms with van der Waals surface area (Å²) in [4.78, 5) is 4.75. The van der Waals surface area contributed by atoms with Crippen LogP contribution in [0.3, 0.4) is 0 Å². The summed E-state index contributed by atoms with van der Waals surface area (Å²) in [7, 11) is 5.79. The summed E-state index contributed by atoms with van der Waals surface area (Å²) in [5, 5.41) is 9.82. The molecule has 0 bridgehead atoms. The second kappa shape index (κ2) is 8.56. The lowest BCUT2D eigenvalue weighted by atomic mass is 9.94. The van der Waals surface area contributed by atoms with Crippen molar-refractivity contribution in [2.45, 2.75) is 38.4 Å². The first-order valence-electron chi connectivity index (χ1n) is 9.40. The third-order valence-corrected chi connectivity index (χ3v) is 5.11. The van der Waals surface area contributed by atoms with Crippen LogP contribution >= 0.6 is 0 Å². The number of rotatable bonds is 6. The van der Waals surface area contributed by atoms with Gasteiger partial charge in [-0.3, -0.25) is 4.90 Å². The minimum atomic E-state index is 0.197. The van der Waals surface area contributed by atoms with Crippen molar-refractivity contribution in [2.24, 2.45) is 0 Å². The second-order valence-electron chi connectivity index (χ2n) is 7.47. The van der Waals surface area contributed by atoms with E-state index >= 15 is 0 Å². The summed E-state index contributed by atoms with van der Waals surface area (Å²) in [5.74, 6) is 0.743. The van der Waals surface area contributed by atoms with E-state index in [9.17, 15) is 5.11 Å². The molecule has 0 radical (unpaired) electrons. The summed E-state index contributed by atoms with van der Waals surface area (Å²) in [5.41, 5.74) is 3.93. The highest BCUT2D eigenvalue weighted by molar-refractivity contribution is 5.41. The number of benzene rings is 2. The topological polar surface area (TPSA) is 35.9 Å². The summed E-state index contributed by atoms with van der Waals surface area (Å²) in [6, 6.07) is 15.2. The Hall–Kier alpha value is -2.04. The van der Waals surface area contributed by atoms with E-state index in [0.29, 0.717) is 11.8 Å². The molecular formula is C22H30N2O2. The number of ether oxygens (including phenoxy) is 1. The number of nitrogens with zero attached hydrogens (tertiary/aromatic N) is 2. The predicted octanol–water partition coefficient (Wildman–Crippen LogP) is 4.19. The molecule has 0 saturated carbocycles. The normalized spacial score (nSPS) is 18.2. The highest BCUT2D eigenvalue weighted by Gasteiger charge is 2.24. The van der Waals surface area contributed by atoms with Crippen LogP contribution in [-0.4, -0.2) is 42.7 Å². The van der Waals surface area contributed by atoms with Crippen LogP contribution in [0.5, 0.6) is 11.5 Å². The zero-order valence-corrected chi connectivity index (χ0v) is 16.1. The lowest BCUT2D eigenvalue weighted by Crippen LogP contribution is -2.32. The molecule has 1 heterocycles. The Morgan fingerprint density at radius 3 is 2.50 bits per heavy atom. The Kier molecular flexibility index (Phi) is 6.17. The molecule has 140 valence electrons. The van der Waals surface area contributed by atoms with Gasteiger partial charge in [-0.05, 0) is 62.3 Å². The third kappa shape index (κ3) is 4.57. The van der Waals surface area contributed by atoms with E-state index in [-0.39, 0.29) is 5.75 Å². The van der Waals surface area contributed by atoms with Crippen molar-refractivity contribution in [1.29, 1.82) is 0 Å². The molecule has 0 aliphatic carbocycles. The number of hydrogen-bond acceptors (Lipinski definition) is 4. The van der Waals surface area contributed by atoms with Crippen LogP contribution in [0.1, 0.15) is 42.0 Å². The Balaban J connectivity index is 1.75. The molecule has 26 heavy (non-hydrogen) atoms. The predicted molar refractivity (Wildman–Crippen MR) is 105 cm³/mol. The number of phenols is 1. The maximum atomic E-state index is 9.82. The van der Waals surface area contributed by atoms with Gasteiger partial charge in [0.05, 0.1) is 7.11 Å². The fraction of sp³-hybridized carbons (Fsp3) is 0.455. The van der Waals surface area contributed by atoms with Crippen molar-refractivity contribution >= 4 is 0 Å². The van der Waals surface area contributed by atoms with Gasteiger partial charge in [-0.2, -0.15) is 0 Å². The number of likely N-dealkylation sites (tertiary alicyclic amines) is 1. The molecule has 1 unspecified atom stereocenters. The van der Waals surface area contributed by atoms with E-state index in [2.05, 4.69) is 48.2 Å². The maximum absolute atomic E-state index is 9.82. The molecular weight excluding hydrogens is 324 g/mol. The van der Waals surface area contributed by atoms with Crippen LogP contribution in [0, 0.1) is 0 Å². The first kappa shape index (κ1) is 18.7. The van der Waals surface area contributed by atoms with Crippen molar-refractivity contribution < 1.29 is 9.84 Å². The summed E-state index contributed by atoms with van der Waals surface area (Å²) < 4.78 is 5.26. The van der Waals surface area contributed by atoms with Gasteiger partial charge in [0.1, 0.15) is 0 Å². The molecule has 2 aromatic rings. The number of piperidine rings is 1. The molecule has 0 amide bonds.